The van der Waals surface area contributed by atoms with E-state index in [1.165, 1.54) is 0 Å². The molecular formula is C7H11BrN4O. The van der Waals surface area contributed by atoms with Crippen molar-refractivity contribution in [2.24, 2.45) is 0 Å². The summed E-state index contributed by atoms with van der Waals surface area (Å²) in [5, 5.41) is 11.9. The standard InChI is InChI=1S/C7H11BrN4O/c1-4(13)3-10-6-2-5(8)11-7(9)12-6/h2,4,13H,3H2,1H3,(H3,9,10,11,12). The van der Waals surface area contributed by atoms with E-state index in [4.69, 9.17) is 10.8 Å². The Balaban J connectivity index is 2.66. The smallest absolute Gasteiger partial charge is 0.223 e. The number of aromatic nitrogens is 2. The number of hydrogen-bond donors (Lipinski definition) is 3. The summed E-state index contributed by atoms with van der Waals surface area (Å²) in [6, 6.07) is 1.69. The zero-order valence-corrected chi connectivity index (χ0v) is 8.74. The average Bonchev–Trinajstić information content (AvgIpc) is 1.99. The van der Waals surface area contributed by atoms with Crippen LogP contribution in [0.25, 0.3) is 0 Å². The first-order valence-electron chi connectivity index (χ1n) is 3.80. The Labute approximate surface area is 84.5 Å². The Kier molecular flexibility index (Phi) is 3.44. The van der Waals surface area contributed by atoms with E-state index in [1.807, 2.05) is 0 Å². The maximum absolute atomic E-state index is 9.00. The van der Waals surface area contributed by atoms with Gasteiger partial charge in [-0.25, -0.2) is 4.98 Å². The highest BCUT2D eigenvalue weighted by atomic mass is 79.9. The lowest BCUT2D eigenvalue weighted by Crippen LogP contribution is -2.16. The van der Waals surface area contributed by atoms with Crippen LogP contribution in [0.5, 0.6) is 0 Å². The van der Waals surface area contributed by atoms with E-state index in [2.05, 4.69) is 31.2 Å². The second kappa shape index (κ2) is 4.38. The van der Waals surface area contributed by atoms with Gasteiger partial charge >= 0.3 is 0 Å². The first-order valence-corrected chi connectivity index (χ1v) is 4.59. The molecule has 1 aromatic heterocycles. The van der Waals surface area contributed by atoms with Gasteiger partial charge in [-0.15, -0.1) is 0 Å². The molecule has 1 heterocycles. The van der Waals surface area contributed by atoms with Crippen molar-refractivity contribution >= 4 is 27.7 Å². The van der Waals surface area contributed by atoms with Crippen LogP contribution in [0.15, 0.2) is 10.7 Å². The minimum atomic E-state index is -0.421. The summed E-state index contributed by atoms with van der Waals surface area (Å²) in [7, 11) is 0. The van der Waals surface area contributed by atoms with Crippen LogP contribution in [0.2, 0.25) is 0 Å². The van der Waals surface area contributed by atoms with Gasteiger partial charge in [-0.3, -0.25) is 0 Å². The second-order valence-corrected chi connectivity index (χ2v) is 3.48. The molecule has 4 N–H and O–H groups in total. The van der Waals surface area contributed by atoms with Gasteiger partial charge in [-0.2, -0.15) is 4.98 Å². The van der Waals surface area contributed by atoms with Crippen LogP contribution in [-0.4, -0.2) is 27.7 Å². The summed E-state index contributed by atoms with van der Waals surface area (Å²) in [6.45, 7) is 2.12. The molecule has 0 aliphatic heterocycles. The van der Waals surface area contributed by atoms with Crippen molar-refractivity contribution in [1.82, 2.24) is 9.97 Å². The molecule has 0 aliphatic carbocycles. The molecule has 0 radical (unpaired) electrons. The van der Waals surface area contributed by atoms with Gasteiger partial charge in [-0.05, 0) is 22.9 Å². The number of nitrogens with zero attached hydrogens (tertiary/aromatic N) is 2. The molecule has 72 valence electrons. The summed E-state index contributed by atoms with van der Waals surface area (Å²) in [5.41, 5.74) is 5.41. The van der Waals surface area contributed by atoms with E-state index in [1.54, 1.807) is 13.0 Å². The predicted octanol–water partition coefficient (Wildman–Crippen LogP) is 0.614. The van der Waals surface area contributed by atoms with Crippen molar-refractivity contribution in [2.45, 2.75) is 13.0 Å². The summed E-state index contributed by atoms with van der Waals surface area (Å²) < 4.78 is 0.619. The zero-order chi connectivity index (χ0) is 9.84. The van der Waals surface area contributed by atoms with E-state index >= 15 is 0 Å². The SMILES string of the molecule is CC(O)CNc1cc(Br)nc(N)n1. The number of nitrogens with one attached hydrogen (secondary N) is 1. The first kappa shape index (κ1) is 10.2. The number of hydrogen-bond acceptors (Lipinski definition) is 5. The lowest BCUT2D eigenvalue weighted by atomic mass is 10.4. The van der Waals surface area contributed by atoms with Crippen molar-refractivity contribution in [2.75, 3.05) is 17.6 Å². The number of halogens is 1. The molecule has 0 spiro atoms. The number of anilines is 2. The van der Waals surface area contributed by atoms with Crippen LogP contribution in [0.3, 0.4) is 0 Å². The molecule has 0 aliphatic rings. The molecule has 0 aromatic carbocycles. The molecule has 1 unspecified atom stereocenters. The molecule has 0 saturated carbocycles. The molecule has 0 fully saturated rings. The molecular weight excluding hydrogens is 236 g/mol. The lowest BCUT2D eigenvalue weighted by Gasteiger charge is -2.07. The van der Waals surface area contributed by atoms with Gasteiger partial charge < -0.3 is 16.2 Å². The Morgan fingerprint density at radius 3 is 2.92 bits per heavy atom. The van der Waals surface area contributed by atoms with Gasteiger partial charge in [0, 0.05) is 12.6 Å². The largest absolute Gasteiger partial charge is 0.392 e. The lowest BCUT2D eigenvalue weighted by molar-refractivity contribution is 0.208. The first-order chi connectivity index (χ1) is 6.08. The number of nitrogen functional groups attached to an aromatic ring is 1. The van der Waals surface area contributed by atoms with E-state index in [0.717, 1.165) is 0 Å². The van der Waals surface area contributed by atoms with Crippen molar-refractivity contribution in [3.63, 3.8) is 0 Å². The Hall–Kier alpha value is -0.880. The minimum Gasteiger partial charge on any atom is -0.392 e. The fourth-order valence-electron chi connectivity index (χ4n) is 0.778. The molecule has 1 rings (SSSR count). The molecule has 1 aromatic rings. The van der Waals surface area contributed by atoms with Crippen LogP contribution >= 0.6 is 15.9 Å². The third-order valence-corrected chi connectivity index (χ3v) is 1.70. The molecule has 1 atom stereocenters. The molecule has 0 amide bonds. The Bertz CT molecular complexity index is 272. The van der Waals surface area contributed by atoms with Crippen LogP contribution < -0.4 is 11.1 Å². The summed E-state index contributed by atoms with van der Waals surface area (Å²) in [6.07, 6.45) is -0.421. The summed E-state index contributed by atoms with van der Waals surface area (Å²) >= 11 is 3.19. The van der Waals surface area contributed by atoms with Crippen LogP contribution in [0.4, 0.5) is 11.8 Å². The topological polar surface area (TPSA) is 84.1 Å². The van der Waals surface area contributed by atoms with Gasteiger partial charge in [-0.1, -0.05) is 0 Å². The fraction of sp³-hybridized carbons (Fsp3) is 0.429. The van der Waals surface area contributed by atoms with Gasteiger partial charge in [0.15, 0.2) is 0 Å². The molecule has 0 saturated heterocycles. The highest BCUT2D eigenvalue weighted by Gasteiger charge is 2.00. The minimum absolute atomic E-state index is 0.197. The van der Waals surface area contributed by atoms with Crippen LogP contribution in [0, 0.1) is 0 Å². The maximum Gasteiger partial charge on any atom is 0.223 e. The van der Waals surface area contributed by atoms with Crippen LogP contribution in [0.1, 0.15) is 6.92 Å². The number of aliphatic hydroxyl groups excluding tert-OH is 1. The maximum atomic E-state index is 9.00. The summed E-state index contributed by atoms with van der Waals surface area (Å²) in [4.78, 5) is 7.76. The predicted molar refractivity (Wildman–Crippen MR) is 54.3 cm³/mol. The van der Waals surface area contributed by atoms with Crippen molar-refractivity contribution < 1.29 is 5.11 Å². The van der Waals surface area contributed by atoms with Crippen LogP contribution in [-0.2, 0) is 0 Å². The second-order valence-electron chi connectivity index (χ2n) is 2.66. The van der Waals surface area contributed by atoms with Gasteiger partial charge in [0.1, 0.15) is 10.4 Å². The highest BCUT2D eigenvalue weighted by Crippen LogP contribution is 2.12. The number of nitrogens with two attached hydrogens (primary N) is 1. The quantitative estimate of drug-likeness (QED) is 0.681. The zero-order valence-electron chi connectivity index (χ0n) is 7.16. The molecule has 13 heavy (non-hydrogen) atoms. The van der Waals surface area contributed by atoms with Crippen molar-refractivity contribution in [1.29, 1.82) is 0 Å². The molecule has 0 bridgehead atoms. The van der Waals surface area contributed by atoms with Crippen molar-refractivity contribution in [3.8, 4) is 0 Å². The van der Waals surface area contributed by atoms with E-state index in [-0.39, 0.29) is 5.95 Å². The third-order valence-electron chi connectivity index (χ3n) is 1.29. The summed E-state index contributed by atoms with van der Waals surface area (Å²) in [5.74, 6) is 0.794. The van der Waals surface area contributed by atoms with Gasteiger partial charge in [0.2, 0.25) is 5.95 Å². The Morgan fingerprint density at radius 1 is 1.69 bits per heavy atom. The highest BCUT2D eigenvalue weighted by molar-refractivity contribution is 9.10. The third kappa shape index (κ3) is 3.56. The molecule has 6 heteroatoms. The fourth-order valence-corrected chi connectivity index (χ4v) is 1.18. The van der Waals surface area contributed by atoms with E-state index in [0.29, 0.717) is 17.0 Å². The molecule has 5 nitrogen and oxygen atoms in total. The monoisotopic (exact) mass is 246 g/mol. The van der Waals surface area contributed by atoms with E-state index < -0.39 is 6.10 Å². The average molecular weight is 247 g/mol. The van der Waals surface area contributed by atoms with Gasteiger partial charge in [0.05, 0.1) is 6.10 Å². The Morgan fingerprint density at radius 2 is 2.38 bits per heavy atom. The van der Waals surface area contributed by atoms with Gasteiger partial charge in [0.25, 0.3) is 0 Å². The van der Waals surface area contributed by atoms with Crippen molar-refractivity contribution in [3.05, 3.63) is 10.7 Å². The number of rotatable bonds is 3. The van der Waals surface area contributed by atoms with E-state index in [9.17, 15) is 0 Å². The number of aliphatic hydroxyl groups is 1. The normalized spacial score (nSPS) is 12.5.